The van der Waals surface area contributed by atoms with Gasteiger partial charge in [-0.25, -0.2) is 4.98 Å². The van der Waals surface area contributed by atoms with Crippen molar-refractivity contribution < 1.29 is 28.7 Å². The molecule has 5 rings (SSSR count). The predicted octanol–water partition coefficient (Wildman–Crippen LogP) is 1.43. The zero-order valence-electron chi connectivity index (χ0n) is 23.7. The maximum atomic E-state index is 13.6. The number of carbonyl (C=O) groups is 5. The topological polar surface area (TPSA) is 163 Å². The van der Waals surface area contributed by atoms with E-state index in [1.54, 1.807) is 48.7 Å². The fourth-order valence-corrected chi connectivity index (χ4v) is 5.26. The number of amides is 4. The van der Waals surface area contributed by atoms with Crippen LogP contribution in [0.15, 0.2) is 55.0 Å². The van der Waals surface area contributed by atoms with Gasteiger partial charge in [0.1, 0.15) is 18.4 Å². The second-order valence-corrected chi connectivity index (χ2v) is 10.5. The van der Waals surface area contributed by atoms with Gasteiger partial charge in [0.2, 0.25) is 11.8 Å². The number of imidazole rings is 1. The number of ketones is 1. The first-order chi connectivity index (χ1) is 20.9. The van der Waals surface area contributed by atoms with Gasteiger partial charge in [0.25, 0.3) is 11.8 Å². The summed E-state index contributed by atoms with van der Waals surface area (Å²) in [5, 5.41) is 8.47. The number of rotatable bonds is 3. The minimum absolute atomic E-state index is 0.0150. The number of Topliss-reactive ketones (excluding diaryl/α,β-unsaturated/α-hetero) is 1. The molecule has 12 nitrogen and oxygen atoms in total. The second-order valence-electron chi connectivity index (χ2n) is 10.5. The Hall–Kier alpha value is -5.00. The van der Waals surface area contributed by atoms with Crippen molar-refractivity contribution >= 4 is 29.4 Å². The van der Waals surface area contributed by atoms with Crippen molar-refractivity contribution in [3.63, 3.8) is 0 Å². The lowest BCUT2D eigenvalue weighted by atomic mass is 10.0. The highest BCUT2D eigenvalue weighted by Gasteiger charge is 2.28. The van der Waals surface area contributed by atoms with Gasteiger partial charge in [0.05, 0.1) is 19.4 Å². The lowest BCUT2D eigenvalue weighted by Gasteiger charge is -2.24. The fraction of sp³-hybridized carbons (Fsp3) is 0.355. The Morgan fingerprint density at radius 3 is 2.70 bits per heavy atom. The molecule has 4 amide bonds. The fourth-order valence-electron chi connectivity index (χ4n) is 5.26. The molecule has 43 heavy (non-hydrogen) atoms. The maximum Gasteiger partial charge on any atom is 0.254 e. The van der Waals surface area contributed by atoms with Crippen molar-refractivity contribution in [1.82, 2.24) is 30.8 Å². The van der Waals surface area contributed by atoms with Crippen molar-refractivity contribution in [1.29, 1.82) is 0 Å². The molecular weight excluding hydrogens is 552 g/mol. The number of H-pyrrole nitrogens is 1. The summed E-state index contributed by atoms with van der Waals surface area (Å²) in [5.74, 6) is -1.00. The van der Waals surface area contributed by atoms with E-state index in [1.165, 1.54) is 11.2 Å². The molecule has 1 aliphatic carbocycles. The first-order valence-corrected chi connectivity index (χ1v) is 14.4. The summed E-state index contributed by atoms with van der Waals surface area (Å²) in [6, 6.07) is 10.8. The average molecular weight is 587 g/mol. The van der Waals surface area contributed by atoms with Crippen LogP contribution in [-0.4, -0.2) is 83.1 Å². The first kappa shape index (κ1) is 29.5. The zero-order chi connectivity index (χ0) is 30.2. The van der Waals surface area contributed by atoms with Gasteiger partial charge < -0.3 is 30.6 Å². The number of benzene rings is 2. The standard InChI is InChI=1S/C31H34N6O6/c38-27-10-9-23-24(27)7-4-8-25(23)31(42)37-13-2-1-11-34-30(41)26(16-21-17-32-19-35-21)36-29(40)20-5-3-6-22(15-20)43-14-12-33-28(39)18-37/h3-8,15,17,19,26H,1-2,9-14,16,18H2,(H,32,35)(H,33,39)(H,34,41)(H,36,40)/t26-/m0/s1. The Morgan fingerprint density at radius 1 is 1.00 bits per heavy atom. The number of aromatic nitrogens is 2. The first-order valence-electron chi connectivity index (χ1n) is 14.4. The lowest BCUT2D eigenvalue weighted by Crippen LogP contribution is -2.48. The Kier molecular flexibility index (Phi) is 9.45. The van der Waals surface area contributed by atoms with E-state index in [-0.39, 0.29) is 56.2 Å². The van der Waals surface area contributed by atoms with Gasteiger partial charge >= 0.3 is 0 Å². The van der Waals surface area contributed by atoms with E-state index in [0.717, 1.165) is 5.56 Å². The van der Waals surface area contributed by atoms with E-state index in [4.69, 9.17) is 4.74 Å². The number of carbonyl (C=O) groups excluding carboxylic acids is 5. The van der Waals surface area contributed by atoms with Gasteiger partial charge in [-0.1, -0.05) is 18.2 Å². The van der Waals surface area contributed by atoms with Crippen molar-refractivity contribution in [2.45, 2.75) is 38.1 Å². The molecule has 0 saturated heterocycles. The summed E-state index contributed by atoms with van der Waals surface area (Å²) in [7, 11) is 0. The van der Waals surface area contributed by atoms with Crippen LogP contribution < -0.4 is 20.7 Å². The van der Waals surface area contributed by atoms with Crippen LogP contribution in [0.4, 0.5) is 0 Å². The van der Waals surface area contributed by atoms with Crippen LogP contribution in [0.1, 0.15) is 61.6 Å². The molecule has 0 saturated carbocycles. The van der Waals surface area contributed by atoms with E-state index < -0.39 is 11.9 Å². The van der Waals surface area contributed by atoms with Crippen LogP contribution in [0, 0.1) is 0 Å². The van der Waals surface area contributed by atoms with Crippen LogP contribution in [0.2, 0.25) is 0 Å². The average Bonchev–Trinajstić information content (AvgIpc) is 3.67. The molecule has 1 atom stereocenters. The van der Waals surface area contributed by atoms with Crippen LogP contribution in [0.25, 0.3) is 0 Å². The maximum absolute atomic E-state index is 13.6. The SMILES string of the molecule is O=C1CN(C(=O)c2cccc3c2CCC3=O)CCCCNC(=O)[C@H](Cc2cnc[nH]2)NC(=O)c2cccc(c2)OCCN1. The molecule has 0 fully saturated rings. The van der Waals surface area contributed by atoms with Crippen LogP contribution in [0.5, 0.6) is 5.75 Å². The highest BCUT2D eigenvalue weighted by atomic mass is 16.5. The lowest BCUT2D eigenvalue weighted by molar-refractivity contribution is -0.123. The molecule has 2 bridgehead atoms. The van der Waals surface area contributed by atoms with E-state index in [1.807, 2.05) is 0 Å². The normalized spacial score (nSPS) is 18.7. The van der Waals surface area contributed by atoms with Gasteiger partial charge in [-0.05, 0) is 49.1 Å². The highest BCUT2D eigenvalue weighted by Crippen LogP contribution is 2.26. The molecular formula is C31H34N6O6. The predicted molar refractivity (Wildman–Crippen MR) is 156 cm³/mol. The number of fused-ring (bicyclic) bond motifs is 3. The summed E-state index contributed by atoms with van der Waals surface area (Å²) in [6.45, 7) is 0.751. The minimum atomic E-state index is -0.859. The number of nitrogens with one attached hydrogen (secondary N) is 4. The molecule has 1 aliphatic heterocycles. The third kappa shape index (κ3) is 7.45. The Bertz CT molecular complexity index is 1500. The molecule has 0 radical (unpaired) electrons. The van der Waals surface area contributed by atoms with Gasteiger partial charge in [-0.15, -0.1) is 0 Å². The minimum Gasteiger partial charge on any atom is -0.492 e. The van der Waals surface area contributed by atoms with Crippen LogP contribution in [-0.2, 0) is 22.4 Å². The molecule has 4 N–H and O–H groups in total. The number of nitrogens with zero attached hydrogens (tertiary/aromatic N) is 2. The molecule has 2 aromatic carbocycles. The third-order valence-electron chi connectivity index (χ3n) is 7.47. The molecule has 1 aromatic heterocycles. The van der Waals surface area contributed by atoms with Crippen LogP contribution >= 0.6 is 0 Å². The highest BCUT2D eigenvalue weighted by molar-refractivity contribution is 6.06. The Balaban J connectivity index is 1.32. The Labute approximate surface area is 248 Å². The van der Waals surface area contributed by atoms with Gasteiger partial charge in [0.15, 0.2) is 5.78 Å². The molecule has 2 heterocycles. The van der Waals surface area contributed by atoms with Crippen molar-refractivity contribution in [3.8, 4) is 5.75 Å². The van der Waals surface area contributed by atoms with Crippen molar-refractivity contribution in [2.75, 3.05) is 32.8 Å². The van der Waals surface area contributed by atoms with Crippen molar-refractivity contribution in [2.24, 2.45) is 0 Å². The molecule has 0 spiro atoms. The molecule has 12 heteroatoms. The summed E-state index contributed by atoms with van der Waals surface area (Å²) in [6.07, 6.45) is 5.23. The quantitative estimate of drug-likeness (QED) is 0.361. The summed E-state index contributed by atoms with van der Waals surface area (Å²) in [5.41, 5.74) is 2.74. The summed E-state index contributed by atoms with van der Waals surface area (Å²) in [4.78, 5) is 73.4. The van der Waals surface area contributed by atoms with E-state index in [9.17, 15) is 24.0 Å². The number of hydrogen-bond donors (Lipinski definition) is 4. The van der Waals surface area contributed by atoms with E-state index >= 15 is 0 Å². The van der Waals surface area contributed by atoms with Crippen LogP contribution in [0.3, 0.4) is 0 Å². The number of aromatic amines is 1. The van der Waals surface area contributed by atoms with E-state index in [2.05, 4.69) is 25.9 Å². The third-order valence-corrected chi connectivity index (χ3v) is 7.47. The molecule has 3 aromatic rings. The molecule has 0 unspecified atom stereocenters. The number of hydrogen-bond acceptors (Lipinski definition) is 7. The summed E-state index contributed by atoms with van der Waals surface area (Å²) >= 11 is 0. The van der Waals surface area contributed by atoms with E-state index in [0.29, 0.717) is 60.4 Å². The number of ether oxygens (including phenoxy) is 1. The monoisotopic (exact) mass is 586 g/mol. The van der Waals surface area contributed by atoms with Gasteiger partial charge in [0, 0.05) is 54.5 Å². The molecule has 2 aliphatic rings. The summed E-state index contributed by atoms with van der Waals surface area (Å²) < 4.78 is 5.75. The largest absolute Gasteiger partial charge is 0.492 e. The van der Waals surface area contributed by atoms with Gasteiger partial charge in [-0.2, -0.15) is 0 Å². The Morgan fingerprint density at radius 2 is 1.86 bits per heavy atom. The van der Waals surface area contributed by atoms with Gasteiger partial charge in [-0.3, -0.25) is 24.0 Å². The zero-order valence-corrected chi connectivity index (χ0v) is 23.7. The second kappa shape index (κ2) is 13.8. The smallest absolute Gasteiger partial charge is 0.254 e. The molecule has 224 valence electrons. The van der Waals surface area contributed by atoms with Crippen molar-refractivity contribution in [3.05, 3.63) is 82.9 Å².